The predicted molar refractivity (Wildman–Crippen MR) is 138 cm³/mol. The van der Waals surface area contributed by atoms with Gasteiger partial charge in [0.1, 0.15) is 6.61 Å². The average Bonchev–Trinajstić information content (AvgIpc) is 2.90. The lowest BCUT2D eigenvalue weighted by atomic mass is 9.94. The molecule has 4 atom stereocenters. The fourth-order valence-corrected chi connectivity index (χ4v) is 4.24. The summed E-state index contributed by atoms with van der Waals surface area (Å²) in [7, 11) is 0. The summed E-state index contributed by atoms with van der Waals surface area (Å²) in [4.78, 5) is 38.8. The van der Waals surface area contributed by atoms with E-state index in [1.54, 1.807) is 6.92 Å². The first-order valence-corrected chi connectivity index (χ1v) is 12.6. The Bertz CT molecular complexity index is 1010. The summed E-state index contributed by atoms with van der Waals surface area (Å²) in [6.07, 6.45) is 6.14. The average molecular weight is 493 g/mol. The van der Waals surface area contributed by atoms with Crippen molar-refractivity contribution in [3.63, 3.8) is 0 Å². The fraction of sp³-hybridized carbons (Fsp3) is 0.414. The first-order chi connectivity index (χ1) is 17.5. The van der Waals surface area contributed by atoms with Crippen molar-refractivity contribution in [3.05, 3.63) is 83.9 Å². The third kappa shape index (κ3) is 8.64. The zero-order valence-electron chi connectivity index (χ0n) is 20.8. The Kier molecular flexibility index (Phi) is 10.7. The summed E-state index contributed by atoms with van der Waals surface area (Å²) in [6.45, 7) is 1.54. The van der Waals surface area contributed by atoms with Gasteiger partial charge < -0.3 is 20.5 Å². The maximum atomic E-state index is 13.3. The number of benzene rings is 2. The second-order valence-electron chi connectivity index (χ2n) is 9.33. The van der Waals surface area contributed by atoms with E-state index in [4.69, 9.17) is 4.74 Å². The summed E-state index contributed by atoms with van der Waals surface area (Å²) < 4.78 is 5.75. The zero-order chi connectivity index (χ0) is 25.8. The van der Waals surface area contributed by atoms with E-state index in [-0.39, 0.29) is 49.4 Å². The maximum Gasteiger partial charge on any atom is 0.309 e. The van der Waals surface area contributed by atoms with Gasteiger partial charge in [0.2, 0.25) is 11.8 Å². The van der Waals surface area contributed by atoms with Gasteiger partial charge in [-0.25, -0.2) is 0 Å². The molecule has 1 heterocycles. The molecule has 192 valence electrons. The van der Waals surface area contributed by atoms with Gasteiger partial charge in [-0.15, -0.1) is 0 Å². The highest BCUT2D eigenvalue weighted by Gasteiger charge is 2.27. The number of cyclic esters (lactones) is 1. The molecule has 0 saturated heterocycles. The lowest BCUT2D eigenvalue weighted by molar-refractivity contribution is -0.150. The molecule has 0 aliphatic carbocycles. The largest absolute Gasteiger partial charge is 0.463 e. The second-order valence-corrected chi connectivity index (χ2v) is 9.33. The molecule has 1 aliphatic heterocycles. The normalized spacial score (nSPS) is 22.2. The van der Waals surface area contributed by atoms with Gasteiger partial charge in [0, 0.05) is 12.5 Å². The van der Waals surface area contributed by atoms with Crippen LogP contribution in [0.15, 0.2) is 72.8 Å². The molecule has 0 bridgehead atoms. The van der Waals surface area contributed by atoms with E-state index in [1.807, 2.05) is 72.8 Å². The molecule has 2 aromatic rings. The van der Waals surface area contributed by atoms with Gasteiger partial charge in [-0.05, 0) is 43.7 Å². The summed E-state index contributed by atoms with van der Waals surface area (Å²) in [5.41, 5.74) is 1.89. The highest BCUT2D eigenvalue weighted by Crippen LogP contribution is 2.22. The molecule has 3 rings (SSSR count). The van der Waals surface area contributed by atoms with Gasteiger partial charge in [0.25, 0.3) is 0 Å². The monoisotopic (exact) mass is 492 g/mol. The van der Waals surface area contributed by atoms with Crippen LogP contribution in [0.3, 0.4) is 0 Å². The number of hydrogen-bond acceptors (Lipinski definition) is 5. The van der Waals surface area contributed by atoms with Crippen LogP contribution in [0.2, 0.25) is 0 Å². The van der Waals surface area contributed by atoms with Crippen LogP contribution in [-0.2, 0) is 25.5 Å². The van der Waals surface area contributed by atoms with Crippen LogP contribution in [-0.4, -0.2) is 42.1 Å². The molecule has 0 unspecified atom stereocenters. The number of aliphatic hydroxyl groups is 1. The Morgan fingerprint density at radius 2 is 1.75 bits per heavy atom. The molecule has 0 saturated carbocycles. The Balaban J connectivity index is 1.80. The summed E-state index contributed by atoms with van der Waals surface area (Å²) in [6, 6.07) is 18.3. The molecule has 7 nitrogen and oxygen atoms in total. The van der Waals surface area contributed by atoms with E-state index in [0.717, 1.165) is 11.1 Å². The Hall–Kier alpha value is -3.45. The molecule has 0 fully saturated rings. The Morgan fingerprint density at radius 3 is 2.44 bits per heavy atom. The van der Waals surface area contributed by atoms with Gasteiger partial charge in [-0.1, -0.05) is 72.8 Å². The summed E-state index contributed by atoms with van der Waals surface area (Å²) in [5, 5.41) is 14.9. The number of aliphatic hydroxyl groups excluding tert-OH is 1. The van der Waals surface area contributed by atoms with Crippen molar-refractivity contribution >= 4 is 17.8 Å². The summed E-state index contributed by atoms with van der Waals surface area (Å²) >= 11 is 0. The number of nitrogens with one attached hydrogen (secondary N) is 2. The van der Waals surface area contributed by atoms with Crippen LogP contribution < -0.4 is 10.6 Å². The third-order valence-electron chi connectivity index (χ3n) is 6.32. The van der Waals surface area contributed by atoms with E-state index >= 15 is 0 Å². The number of amides is 2. The quantitative estimate of drug-likeness (QED) is 0.405. The molecule has 0 aromatic heterocycles. The lowest BCUT2D eigenvalue weighted by Gasteiger charge is -2.24. The summed E-state index contributed by atoms with van der Waals surface area (Å²) in [5.74, 6) is -1.74. The minimum Gasteiger partial charge on any atom is -0.463 e. The number of hydrogen-bond donors (Lipinski definition) is 3. The molecular formula is C29H36N2O5. The van der Waals surface area contributed by atoms with E-state index in [1.165, 1.54) is 0 Å². The highest BCUT2D eigenvalue weighted by molar-refractivity contribution is 5.86. The van der Waals surface area contributed by atoms with Gasteiger partial charge in [0.05, 0.1) is 24.5 Å². The van der Waals surface area contributed by atoms with Gasteiger partial charge in [0.15, 0.2) is 0 Å². The van der Waals surface area contributed by atoms with Crippen LogP contribution in [0.4, 0.5) is 0 Å². The van der Waals surface area contributed by atoms with Crippen molar-refractivity contribution in [3.8, 4) is 0 Å². The van der Waals surface area contributed by atoms with Gasteiger partial charge in [-0.3, -0.25) is 14.4 Å². The SMILES string of the molecule is C[C@H](CO)NC(=O)C[C@H]1CC=CCC[C@H](Cc2ccccc2)C(=O)OC[C@H](c2ccccc2)NC1=O. The third-order valence-corrected chi connectivity index (χ3v) is 6.32. The maximum absolute atomic E-state index is 13.3. The number of carbonyl (C=O) groups is 3. The van der Waals surface area contributed by atoms with Crippen LogP contribution >= 0.6 is 0 Å². The fourth-order valence-electron chi connectivity index (χ4n) is 4.24. The first kappa shape index (κ1) is 27.1. The van der Waals surface area contributed by atoms with E-state index in [9.17, 15) is 19.5 Å². The van der Waals surface area contributed by atoms with Gasteiger partial charge >= 0.3 is 5.97 Å². The topological polar surface area (TPSA) is 105 Å². The molecule has 36 heavy (non-hydrogen) atoms. The molecular weight excluding hydrogens is 456 g/mol. The van der Waals surface area contributed by atoms with Crippen LogP contribution in [0.1, 0.15) is 49.8 Å². The van der Waals surface area contributed by atoms with Crippen molar-refractivity contribution in [2.45, 2.75) is 51.1 Å². The molecule has 7 heteroatoms. The molecule has 0 radical (unpaired) electrons. The Morgan fingerprint density at radius 1 is 1.06 bits per heavy atom. The molecule has 3 N–H and O–H groups in total. The van der Waals surface area contributed by atoms with Crippen molar-refractivity contribution in [1.29, 1.82) is 0 Å². The molecule has 2 aromatic carbocycles. The number of carbonyl (C=O) groups excluding carboxylic acids is 3. The van der Waals surface area contributed by atoms with E-state index < -0.39 is 12.0 Å². The molecule has 1 aliphatic rings. The second kappa shape index (κ2) is 14.2. The Labute approximate surface area is 212 Å². The zero-order valence-corrected chi connectivity index (χ0v) is 20.8. The highest BCUT2D eigenvalue weighted by atomic mass is 16.5. The number of rotatable bonds is 7. The van der Waals surface area contributed by atoms with Crippen molar-refractivity contribution in [2.24, 2.45) is 11.8 Å². The van der Waals surface area contributed by atoms with Gasteiger partial charge in [-0.2, -0.15) is 0 Å². The minimum atomic E-state index is -0.588. The minimum absolute atomic E-state index is 0.00154. The number of esters is 1. The standard InChI is InChI=1S/C29H36N2O5/c1-21(19-32)30-27(33)18-24-15-9-4-10-16-25(17-22-11-5-2-6-12-22)29(35)36-20-26(31-28(24)34)23-13-7-3-8-14-23/h2-9,11-14,21,24-26,32H,10,15-20H2,1H3,(H,30,33)(H,31,34)/t21-,24-,25-,26-/m1/s1. The first-order valence-electron chi connectivity index (χ1n) is 12.6. The number of allylic oxidation sites excluding steroid dienone is 2. The van der Waals surface area contributed by atoms with Crippen LogP contribution in [0.5, 0.6) is 0 Å². The number of ether oxygens (including phenoxy) is 1. The smallest absolute Gasteiger partial charge is 0.309 e. The van der Waals surface area contributed by atoms with Crippen LogP contribution in [0.25, 0.3) is 0 Å². The molecule has 0 spiro atoms. The van der Waals surface area contributed by atoms with E-state index in [0.29, 0.717) is 25.7 Å². The van der Waals surface area contributed by atoms with Crippen molar-refractivity contribution < 1.29 is 24.2 Å². The predicted octanol–water partition coefficient (Wildman–Crippen LogP) is 3.49. The van der Waals surface area contributed by atoms with Crippen molar-refractivity contribution in [1.82, 2.24) is 10.6 Å². The van der Waals surface area contributed by atoms with Crippen LogP contribution in [0, 0.1) is 11.8 Å². The van der Waals surface area contributed by atoms with Crippen molar-refractivity contribution in [2.75, 3.05) is 13.2 Å². The molecule has 2 amide bonds. The van der Waals surface area contributed by atoms with E-state index in [2.05, 4.69) is 10.6 Å². The lowest BCUT2D eigenvalue weighted by Crippen LogP contribution is -2.41.